The van der Waals surface area contributed by atoms with Crippen LogP contribution in [0.3, 0.4) is 0 Å². The molecule has 1 heterocycles. The van der Waals surface area contributed by atoms with E-state index in [9.17, 15) is 0 Å². The minimum atomic E-state index is 0.449. The Kier molecular flexibility index (Phi) is 3.84. The standard InChI is InChI=1S/C10H17N5S/c1-16-8-3-2-7(6-8)13-9-4-5-12-10(14-9)15-11/h4-5,7-8H,2-3,6,11H2,1H3,(H2,12,13,14,15). The number of aromatic nitrogens is 2. The quantitative estimate of drug-likeness (QED) is 0.545. The van der Waals surface area contributed by atoms with Gasteiger partial charge in [-0.1, -0.05) is 0 Å². The molecule has 0 aromatic carbocycles. The summed E-state index contributed by atoms with van der Waals surface area (Å²) in [6, 6.07) is 2.39. The maximum Gasteiger partial charge on any atom is 0.239 e. The van der Waals surface area contributed by atoms with Gasteiger partial charge < -0.3 is 5.32 Å². The molecule has 1 saturated carbocycles. The number of anilines is 2. The van der Waals surface area contributed by atoms with Gasteiger partial charge in [0.2, 0.25) is 5.95 Å². The molecule has 1 aliphatic rings. The second kappa shape index (κ2) is 5.36. The molecule has 1 aliphatic carbocycles. The van der Waals surface area contributed by atoms with Crippen molar-refractivity contribution in [1.29, 1.82) is 0 Å². The first-order chi connectivity index (χ1) is 7.81. The van der Waals surface area contributed by atoms with Crippen molar-refractivity contribution in [2.24, 2.45) is 5.84 Å². The lowest BCUT2D eigenvalue weighted by molar-refractivity contribution is 0.751. The molecule has 2 unspecified atom stereocenters. The third-order valence-electron chi connectivity index (χ3n) is 2.85. The predicted octanol–water partition coefficient (Wildman–Crippen LogP) is 1.46. The molecule has 16 heavy (non-hydrogen) atoms. The molecule has 0 aliphatic heterocycles. The van der Waals surface area contributed by atoms with Gasteiger partial charge in [-0.2, -0.15) is 16.7 Å². The molecule has 1 aromatic rings. The number of nitrogens with two attached hydrogens (primary N) is 1. The lowest BCUT2D eigenvalue weighted by Gasteiger charge is -2.13. The van der Waals surface area contributed by atoms with Crippen LogP contribution in [0.1, 0.15) is 19.3 Å². The molecule has 0 bridgehead atoms. The van der Waals surface area contributed by atoms with Crippen LogP contribution in [0.25, 0.3) is 0 Å². The Hall–Kier alpha value is -1.01. The number of hydrazine groups is 1. The van der Waals surface area contributed by atoms with Crippen LogP contribution in [0, 0.1) is 0 Å². The average molecular weight is 239 g/mol. The Morgan fingerprint density at radius 3 is 3.06 bits per heavy atom. The second-order valence-corrected chi connectivity index (χ2v) is 5.06. The zero-order valence-electron chi connectivity index (χ0n) is 9.31. The van der Waals surface area contributed by atoms with E-state index in [1.54, 1.807) is 6.20 Å². The molecule has 0 spiro atoms. The minimum Gasteiger partial charge on any atom is -0.367 e. The normalized spacial score (nSPS) is 24.4. The summed E-state index contributed by atoms with van der Waals surface area (Å²) in [6.45, 7) is 0. The van der Waals surface area contributed by atoms with E-state index < -0.39 is 0 Å². The largest absolute Gasteiger partial charge is 0.367 e. The monoisotopic (exact) mass is 239 g/mol. The summed E-state index contributed by atoms with van der Waals surface area (Å²) in [4.78, 5) is 8.21. The van der Waals surface area contributed by atoms with E-state index in [0.29, 0.717) is 12.0 Å². The number of rotatable bonds is 4. The number of hydrogen-bond donors (Lipinski definition) is 3. The van der Waals surface area contributed by atoms with E-state index >= 15 is 0 Å². The summed E-state index contributed by atoms with van der Waals surface area (Å²) in [7, 11) is 0. The highest BCUT2D eigenvalue weighted by Crippen LogP contribution is 2.29. The summed E-state index contributed by atoms with van der Waals surface area (Å²) < 4.78 is 0. The fourth-order valence-corrected chi connectivity index (χ4v) is 2.80. The van der Waals surface area contributed by atoms with Crippen LogP contribution in [-0.2, 0) is 0 Å². The maximum absolute atomic E-state index is 5.26. The SMILES string of the molecule is CSC1CCC(Nc2ccnc(NN)n2)C1. The lowest BCUT2D eigenvalue weighted by Crippen LogP contribution is -2.18. The third kappa shape index (κ3) is 2.76. The van der Waals surface area contributed by atoms with Gasteiger partial charge in [-0.3, -0.25) is 5.43 Å². The highest BCUT2D eigenvalue weighted by molar-refractivity contribution is 7.99. The summed E-state index contributed by atoms with van der Waals surface area (Å²) in [5.74, 6) is 6.56. The Balaban J connectivity index is 1.94. The zero-order chi connectivity index (χ0) is 11.4. The first kappa shape index (κ1) is 11.5. The van der Waals surface area contributed by atoms with Crippen molar-refractivity contribution < 1.29 is 0 Å². The van der Waals surface area contributed by atoms with E-state index in [1.807, 2.05) is 17.8 Å². The van der Waals surface area contributed by atoms with Crippen LogP contribution in [-0.4, -0.2) is 27.5 Å². The first-order valence-corrected chi connectivity index (χ1v) is 6.69. The second-order valence-electron chi connectivity index (χ2n) is 3.92. The van der Waals surface area contributed by atoms with Crippen molar-refractivity contribution in [1.82, 2.24) is 9.97 Å². The van der Waals surface area contributed by atoms with Gasteiger partial charge in [-0.25, -0.2) is 10.8 Å². The highest BCUT2D eigenvalue weighted by Gasteiger charge is 2.23. The molecule has 0 saturated heterocycles. The van der Waals surface area contributed by atoms with E-state index in [4.69, 9.17) is 5.84 Å². The molecule has 0 amide bonds. The van der Waals surface area contributed by atoms with Crippen LogP contribution in [0.15, 0.2) is 12.3 Å². The van der Waals surface area contributed by atoms with E-state index in [-0.39, 0.29) is 0 Å². The number of thioether (sulfide) groups is 1. The summed E-state index contributed by atoms with van der Waals surface area (Å²) in [5.41, 5.74) is 2.45. The molecule has 6 heteroatoms. The van der Waals surface area contributed by atoms with Gasteiger partial charge in [0.15, 0.2) is 0 Å². The fraction of sp³-hybridized carbons (Fsp3) is 0.600. The molecule has 2 atom stereocenters. The number of nitrogens with zero attached hydrogens (tertiary/aromatic N) is 2. The van der Waals surface area contributed by atoms with Gasteiger partial charge >= 0.3 is 0 Å². The number of nitrogen functional groups attached to an aromatic ring is 1. The molecule has 0 radical (unpaired) electrons. The van der Waals surface area contributed by atoms with Crippen LogP contribution in [0.4, 0.5) is 11.8 Å². The van der Waals surface area contributed by atoms with Gasteiger partial charge in [0, 0.05) is 17.5 Å². The summed E-state index contributed by atoms with van der Waals surface area (Å²) in [6.07, 6.45) is 7.57. The van der Waals surface area contributed by atoms with Crippen LogP contribution < -0.4 is 16.6 Å². The molecular weight excluding hydrogens is 222 g/mol. The van der Waals surface area contributed by atoms with Gasteiger partial charge in [0.05, 0.1) is 0 Å². The van der Waals surface area contributed by atoms with Crippen molar-refractivity contribution in [2.45, 2.75) is 30.6 Å². The van der Waals surface area contributed by atoms with Crippen molar-refractivity contribution in [3.8, 4) is 0 Å². The van der Waals surface area contributed by atoms with Crippen molar-refractivity contribution in [2.75, 3.05) is 17.0 Å². The molecule has 5 nitrogen and oxygen atoms in total. The van der Waals surface area contributed by atoms with E-state index in [1.165, 1.54) is 19.3 Å². The Labute approximate surface area is 99.6 Å². The van der Waals surface area contributed by atoms with Gasteiger partial charge in [0.25, 0.3) is 0 Å². The summed E-state index contributed by atoms with van der Waals surface area (Å²) >= 11 is 1.95. The predicted molar refractivity (Wildman–Crippen MR) is 68.4 cm³/mol. The van der Waals surface area contributed by atoms with Crippen molar-refractivity contribution >= 4 is 23.5 Å². The molecule has 4 N–H and O–H groups in total. The Morgan fingerprint density at radius 1 is 1.50 bits per heavy atom. The molecular formula is C10H17N5S. The summed E-state index contributed by atoms with van der Waals surface area (Å²) in [5, 5.41) is 4.20. The Morgan fingerprint density at radius 2 is 2.38 bits per heavy atom. The van der Waals surface area contributed by atoms with Crippen molar-refractivity contribution in [3.05, 3.63) is 12.3 Å². The molecule has 1 fully saturated rings. The van der Waals surface area contributed by atoms with Crippen molar-refractivity contribution in [3.63, 3.8) is 0 Å². The molecule has 1 aromatic heterocycles. The third-order valence-corrected chi connectivity index (χ3v) is 3.95. The topological polar surface area (TPSA) is 75.9 Å². The first-order valence-electron chi connectivity index (χ1n) is 5.41. The fourth-order valence-electron chi connectivity index (χ4n) is 2.00. The number of hydrogen-bond acceptors (Lipinski definition) is 6. The maximum atomic E-state index is 5.26. The van der Waals surface area contributed by atoms with Gasteiger partial charge in [0.1, 0.15) is 5.82 Å². The Bertz CT molecular complexity index is 346. The van der Waals surface area contributed by atoms with E-state index in [0.717, 1.165) is 11.1 Å². The van der Waals surface area contributed by atoms with Gasteiger partial charge in [-0.15, -0.1) is 0 Å². The van der Waals surface area contributed by atoms with Gasteiger partial charge in [-0.05, 0) is 31.6 Å². The average Bonchev–Trinajstić information content (AvgIpc) is 2.77. The van der Waals surface area contributed by atoms with Crippen LogP contribution >= 0.6 is 11.8 Å². The number of nitrogens with one attached hydrogen (secondary N) is 2. The molecule has 88 valence electrons. The lowest BCUT2D eigenvalue weighted by atomic mass is 10.2. The molecule has 2 rings (SSSR count). The smallest absolute Gasteiger partial charge is 0.239 e. The highest BCUT2D eigenvalue weighted by atomic mass is 32.2. The van der Waals surface area contributed by atoms with E-state index in [2.05, 4.69) is 27.0 Å². The van der Waals surface area contributed by atoms with Crippen LogP contribution in [0.5, 0.6) is 0 Å². The minimum absolute atomic E-state index is 0.449. The van der Waals surface area contributed by atoms with Crippen LogP contribution in [0.2, 0.25) is 0 Å². The zero-order valence-corrected chi connectivity index (χ0v) is 10.1.